The van der Waals surface area contributed by atoms with E-state index < -0.39 is 30.2 Å². The van der Waals surface area contributed by atoms with Crippen LogP contribution in [-0.4, -0.2) is 115 Å². The van der Waals surface area contributed by atoms with Gasteiger partial charge in [-0.1, -0.05) is 84.1 Å². The van der Waals surface area contributed by atoms with Gasteiger partial charge in [-0.25, -0.2) is 24.0 Å². The first kappa shape index (κ1) is 76.7. The lowest BCUT2D eigenvalue weighted by atomic mass is 9.87. The summed E-state index contributed by atoms with van der Waals surface area (Å²) in [5, 5.41) is 20.2. The van der Waals surface area contributed by atoms with Gasteiger partial charge in [-0.15, -0.1) is 69.3 Å². The Labute approximate surface area is 492 Å². The standard InChI is InChI=1S/C25H39N5O4S2.C13H23N3O2S.C11H17N3O3S.3CH4.HI/c1-6-18(8-9-19(7-2)28-25(33)34-14-21-12-27-16-36-21)10-22(31)23(17(3)4)29-24(32)30(5)13-20-11-26-15-35-20;1-3-10(14)5-6-11(4-2)16-13(17)18-8-12-7-15-9-19-12;1-7(2)9(10(15)16)13-11(17)14(3)5-8-4-12-6-18-8;;;;/h11-12,15-19,23H,6-10,13-14H2,1-5H3,(H,28,33)(H,29,32);7,9-11H,3-6,8,14H2,1-2H3,(H,16,17);4,6-7,9H,5H2,1-3H3,(H,13,17)(H,15,16);3*1H4;1H/t18-,19-,23-;10-,11-;9-;;;;/m000..../s1. The van der Waals surface area contributed by atoms with E-state index in [1.54, 1.807) is 79.7 Å². The van der Waals surface area contributed by atoms with Crippen molar-refractivity contribution in [3.05, 3.63) is 66.3 Å². The van der Waals surface area contributed by atoms with E-state index in [1.165, 1.54) is 50.2 Å². The number of Topliss-reactive ketones (excluding diaryl/α,β-unsaturated/α-hetero) is 1. The molecule has 4 aromatic heterocycles. The number of halogens is 1. The van der Waals surface area contributed by atoms with Crippen LogP contribution < -0.4 is 27.0 Å². The second-order valence-electron chi connectivity index (χ2n) is 18.2. The molecule has 6 amide bonds. The number of carboxylic acids is 1. The summed E-state index contributed by atoms with van der Waals surface area (Å²) in [5.74, 6) is -0.988. The number of ketones is 1. The molecule has 77 heavy (non-hydrogen) atoms. The van der Waals surface area contributed by atoms with Crippen LogP contribution in [0, 0.1) is 17.8 Å². The number of hydrogen-bond donors (Lipinski definition) is 6. The molecule has 7 N–H and O–H groups in total. The van der Waals surface area contributed by atoms with Gasteiger partial charge in [-0.3, -0.25) is 24.7 Å². The highest BCUT2D eigenvalue weighted by molar-refractivity contribution is 14.0. The van der Waals surface area contributed by atoms with Gasteiger partial charge < -0.3 is 51.4 Å². The van der Waals surface area contributed by atoms with Crippen molar-refractivity contribution in [3.8, 4) is 0 Å². The van der Waals surface area contributed by atoms with Crippen molar-refractivity contribution in [3.63, 3.8) is 0 Å². The third kappa shape index (κ3) is 32.2. The highest BCUT2D eigenvalue weighted by Gasteiger charge is 2.28. The van der Waals surface area contributed by atoms with Crippen molar-refractivity contribution >= 4 is 105 Å². The van der Waals surface area contributed by atoms with E-state index in [1.807, 2.05) is 27.7 Å². The molecule has 0 aliphatic carbocycles. The molecule has 6 atom stereocenters. The molecule has 0 radical (unpaired) electrons. The fourth-order valence-electron chi connectivity index (χ4n) is 6.86. The van der Waals surface area contributed by atoms with E-state index in [2.05, 4.69) is 55.1 Å². The lowest BCUT2D eigenvalue weighted by Gasteiger charge is -2.27. The van der Waals surface area contributed by atoms with E-state index >= 15 is 0 Å². The molecular formula is C52H92IN11O9S4. The summed E-state index contributed by atoms with van der Waals surface area (Å²) in [6.45, 7) is 17.0. The quantitative estimate of drug-likeness (QED) is 0.0289. The molecule has 20 nitrogen and oxygen atoms in total. The van der Waals surface area contributed by atoms with Gasteiger partial charge in [0.25, 0.3) is 0 Å². The largest absolute Gasteiger partial charge is 0.480 e. The second-order valence-corrected chi connectivity index (χ2v) is 22.1. The number of carbonyl (C=O) groups is 6. The second kappa shape index (κ2) is 43.3. The van der Waals surface area contributed by atoms with E-state index in [4.69, 9.17) is 20.3 Å². The molecule has 440 valence electrons. The van der Waals surface area contributed by atoms with Crippen LogP contribution in [0.25, 0.3) is 0 Å². The molecule has 0 saturated carbocycles. The number of nitrogens with one attached hydrogen (secondary N) is 4. The summed E-state index contributed by atoms with van der Waals surface area (Å²) < 4.78 is 10.4. The molecule has 25 heteroatoms. The summed E-state index contributed by atoms with van der Waals surface area (Å²) >= 11 is 5.86. The number of nitrogens with zero attached hydrogens (tertiary/aromatic N) is 6. The van der Waals surface area contributed by atoms with Crippen molar-refractivity contribution < 1.29 is 43.3 Å². The maximum absolute atomic E-state index is 13.2. The van der Waals surface area contributed by atoms with Crippen molar-refractivity contribution in [2.75, 3.05) is 14.1 Å². The number of carbonyl (C=O) groups excluding carboxylic acids is 5. The van der Waals surface area contributed by atoms with Gasteiger partial charge in [-0.2, -0.15) is 0 Å². The van der Waals surface area contributed by atoms with Gasteiger partial charge in [0.2, 0.25) is 0 Å². The molecular weight excluding hydrogens is 1180 g/mol. The Morgan fingerprint density at radius 3 is 1.27 bits per heavy atom. The maximum Gasteiger partial charge on any atom is 0.407 e. The van der Waals surface area contributed by atoms with Gasteiger partial charge in [0.05, 0.1) is 50.9 Å². The maximum atomic E-state index is 13.2. The van der Waals surface area contributed by atoms with Crippen molar-refractivity contribution in [1.82, 2.24) is 51.0 Å². The first-order chi connectivity index (χ1) is 34.8. The van der Waals surface area contributed by atoms with E-state index in [0.717, 1.165) is 70.9 Å². The van der Waals surface area contributed by atoms with E-state index in [-0.39, 0.29) is 113 Å². The fraction of sp³-hybridized carbons (Fsp3) is 0.654. The summed E-state index contributed by atoms with van der Waals surface area (Å²) in [5.41, 5.74) is 12.7. The minimum Gasteiger partial charge on any atom is -0.480 e. The minimum atomic E-state index is -1.02. The number of hydrogen-bond acceptors (Lipinski definition) is 17. The summed E-state index contributed by atoms with van der Waals surface area (Å²) in [6.07, 6.45) is 13.2. The third-order valence-corrected chi connectivity index (χ3v) is 14.7. The average molecular weight is 1270 g/mol. The Kier molecular flexibility index (Phi) is 43.1. The zero-order chi connectivity index (χ0) is 54.3. The monoisotopic (exact) mass is 1270 g/mol. The van der Waals surface area contributed by atoms with Crippen molar-refractivity contribution in [2.24, 2.45) is 23.5 Å². The Bertz CT molecular complexity index is 2140. The SMILES string of the molecule is C.C.C.CC(C)[C@H](NC(=O)N(C)Cc1cncs1)C(=O)O.CC[C@@H](CC[C@H](CC)NC(=O)OCc1cncs1)CC(=O)[C@@H](NC(=O)N(C)Cc1cncs1)C(C)C.CC[C@H](N)CC[C@H](CC)NC(=O)OCc1cncs1.I. The number of nitrogens with two attached hydrogens (primary N) is 1. The smallest absolute Gasteiger partial charge is 0.407 e. The first-order valence-electron chi connectivity index (χ1n) is 24.7. The summed E-state index contributed by atoms with van der Waals surface area (Å²) in [6, 6.07) is -1.77. The summed E-state index contributed by atoms with van der Waals surface area (Å²) in [4.78, 5) is 95.1. The van der Waals surface area contributed by atoms with Gasteiger partial charge >= 0.3 is 30.2 Å². The number of aromatic nitrogens is 4. The molecule has 4 heterocycles. The number of thiazole rings is 4. The van der Waals surface area contributed by atoms with Gasteiger partial charge in [0, 0.05) is 73.2 Å². The molecule has 0 fully saturated rings. The highest BCUT2D eigenvalue weighted by atomic mass is 127. The van der Waals surface area contributed by atoms with Crippen molar-refractivity contribution in [2.45, 2.75) is 192 Å². The normalized spacial score (nSPS) is 12.6. The van der Waals surface area contributed by atoms with Crippen LogP contribution in [0.1, 0.15) is 155 Å². The number of alkyl carbamates (subject to hydrolysis) is 2. The van der Waals surface area contributed by atoms with Gasteiger partial charge in [-0.05, 0) is 62.7 Å². The zero-order valence-electron chi connectivity index (χ0n) is 44.4. The molecule has 0 bridgehead atoms. The number of urea groups is 2. The molecule has 0 aliphatic rings. The van der Waals surface area contributed by atoms with Crippen LogP contribution >= 0.6 is 69.3 Å². The van der Waals surface area contributed by atoms with E-state index in [0.29, 0.717) is 19.5 Å². The molecule has 0 aromatic carbocycles. The number of carboxylic acid groups (broad SMARTS) is 1. The topological polar surface area (TPSA) is 273 Å². The van der Waals surface area contributed by atoms with Crippen LogP contribution in [0.2, 0.25) is 0 Å². The number of amides is 6. The van der Waals surface area contributed by atoms with Crippen LogP contribution in [0.3, 0.4) is 0 Å². The van der Waals surface area contributed by atoms with Crippen LogP contribution in [0.4, 0.5) is 19.2 Å². The average Bonchev–Trinajstić information content (AvgIpc) is 4.24. The summed E-state index contributed by atoms with van der Waals surface area (Å²) in [7, 11) is 3.33. The highest BCUT2D eigenvalue weighted by Crippen LogP contribution is 2.21. The molecule has 0 aliphatic heterocycles. The molecule has 0 saturated heterocycles. The van der Waals surface area contributed by atoms with Gasteiger partial charge in [0.1, 0.15) is 19.3 Å². The molecule has 4 aromatic rings. The molecule has 4 rings (SSSR count). The minimum absolute atomic E-state index is 0. The van der Waals surface area contributed by atoms with Crippen LogP contribution in [-0.2, 0) is 45.4 Å². The Morgan fingerprint density at radius 2 is 0.948 bits per heavy atom. The Hall–Kier alpha value is -4.57. The molecule has 0 spiro atoms. The van der Waals surface area contributed by atoms with Gasteiger partial charge in [0.15, 0.2) is 5.78 Å². The lowest BCUT2D eigenvalue weighted by Crippen LogP contribution is -2.49. The zero-order valence-corrected chi connectivity index (χ0v) is 50.0. The third-order valence-electron chi connectivity index (χ3n) is 11.6. The Morgan fingerprint density at radius 1 is 0.571 bits per heavy atom. The van der Waals surface area contributed by atoms with Crippen LogP contribution in [0.15, 0.2) is 46.8 Å². The predicted molar refractivity (Wildman–Crippen MR) is 324 cm³/mol. The van der Waals surface area contributed by atoms with Crippen LogP contribution in [0.5, 0.6) is 0 Å². The number of ether oxygens (including phenoxy) is 2. The number of rotatable bonds is 28. The lowest BCUT2D eigenvalue weighted by molar-refractivity contribution is -0.140. The van der Waals surface area contributed by atoms with Crippen molar-refractivity contribution in [1.29, 1.82) is 0 Å². The Balaban J connectivity index is -0.00000114. The molecule has 0 unspecified atom stereocenters. The predicted octanol–water partition coefficient (Wildman–Crippen LogP) is 11.8. The fourth-order valence-corrected chi connectivity index (χ4v) is 9.17. The first-order valence-corrected chi connectivity index (χ1v) is 28.2. The number of aliphatic carboxylic acids is 1. The van der Waals surface area contributed by atoms with E-state index in [9.17, 15) is 28.8 Å².